The van der Waals surface area contributed by atoms with E-state index in [4.69, 9.17) is 0 Å². The van der Waals surface area contributed by atoms with Crippen LogP contribution in [0.1, 0.15) is 17.9 Å². The van der Waals surface area contributed by atoms with E-state index in [1.54, 1.807) is 0 Å². The van der Waals surface area contributed by atoms with E-state index in [1.165, 1.54) is 12.4 Å². The molecule has 1 heterocycles. The molecule has 1 aromatic carbocycles. The van der Waals surface area contributed by atoms with Gasteiger partial charge in [0.25, 0.3) is 0 Å². The quantitative estimate of drug-likeness (QED) is 0.834. The smallest absolute Gasteiger partial charge is 0.295 e. The fourth-order valence-corrected chi connectivity index (χ4v) is 2.11. The van der Waals surface area contributed by atoms with Crippen LogP contribution in [0.5, 0.6) is 0 Å². The molecular weight excluding hydrogens is 316 g/mol. The van der Waals surface area contributed by atoms with Gasteiger partial charge < -0.3 is 0 Å². The van der Waals surface area contributed by atoms with Crippen molar-refractivity contribution in [2.24, 2.45) is 0 Å². The largest absolute Gasteiger partial charge is 0.319 e. The summed E-state index contributed by atoms with van der Waals surface area (Å²) in [7, 11) is 1.88. The molecule has 0 amide bonds. The van der Waals surface area contributed by atoms with Gasteiger partial charge in [-0.2, -0.15) is 8.78 Å². The van der Waals surface area contributed by atoms with Crippen LogP contribution in [0, 0.1) is 0 Å². The summed E-state index contributed by atoms with van der Waals surface area (Å²) in [6.45, 7) is -1.48. The fourth-order valence-electron chi connectivity index (χ4n) is 1.84. The van der Waals surface area contributed by atoms with Gasteiger partial charge in [0, 0.05) is 23.4 Å². The van der Waals surface area contributed by atoms with Crippen molar-refractivity contribution in [2.75, 3.05) is 7.05 Å². The number of halogens is 3. The summed E-state index contributed by atoms with van der Waals surface area (Å²) in [4.78, 5) is 5.92. The Kier molecular flexibility index (Phi) is 4.66. The summed E-state index contributed by atoms with van der Waals surface area (Å²) in [5.74, 6) is 0.370. The normalized spacial score (nSPS) is 11.5. The molecule has 102 valence electrons. The molecule has 0 aliphatic carbocycles. The summed E-state index contributed by atoms with van der Waals surface area (Å²) in [6, 6.07) is 7.92. The maximum absolute atomic E-state index is 12.7. The second-order valence-electron chi connectivity index (χ2n) is 4.33. The number of hydrogen-bond donors (Lipinski definition) is 0. The molecule has 0 unspecified atom stereocenters. The second-order valence-corrected chi connectivity index (χ2v) is 5.24. The third-order valence-corrected chi connectivity index (χ3v) is 3.26. The third kappa shape index (κ3) is 3.84. The average Bonchev–Trinajstić information content (AvgIpc) is 2.80. The van der Waals surface area contributed by atoms with Gasteiger partial charge in [0.05, 0.1) is 6.54 Å². The molecule has 0 saturated heterocycles. The lowest BCUT2D eigenvalue weighted by atomic mass is 10.2. The van der Waals surface area contributed by atoms with Crippen LogP contribution in [0.3, 0.4) is 0 Å². The molecule has 1 aromatic heterocycles. The third-order valence-electron chi connectivity index (χ3n) is 2.74. The van der Waals surface area contributed by atoms with E-state index in [1.807, 2.05) is 36.2 Å². The van der Waals surface area contributed by atoms with Crippen molar-refractivity contribution in [3.05, 3.63) is 52.5 Å². The highest BCUT2D eigenvalue weighted by atomic mass is 79.9. The van der Waals surface area contributed by atoms with E-state index >= 15 is 0 Å². The number of nitrogens with zero attached hydrogens (tertiary/aromatic N) is 3. The molecule has 0 saturated carbocycles. The highest BCUT2D eigenvalue weighted by Crippen LogP contribution is 2.15. The zero-order valence-corrected chi connectivity index (χ0v) is 12.0. The maximum Gasteiger partial charge on any atom is 0.319 e. The Bertz CT molecular complexity index is 525. The molecular formula is C13H14BrF2N3. The van der Waals surface area contributed by atoms with Gasteiger partial charge >= 0.3 is 6.55 Å². The van der Waals surface area contributed by atoms with Gasteiger partial charge in [0.15, 0.2) is 0 Å². The number of alkyl halides is 2. The average molecular weight is 330 g/mol. The van der Waals surface area contributed by atoms with Crippen LogP contribution in [0.25, 0.3) is 0 Å². The molecule has 3 nitrogen and oxygen atoms in total. The van der Waals surface area contributed by atoms with Gasteiger partial charge in [0.1, 0.15) is 5.82 Å². The first-order chi connectivity index (χ1) is 9.06. The SMILES string of the molecule is CN(Cc1ccc(Br)cc1)Cc1nccn1C(F)F. The Morgan fingerprint density at radius 3 is 2.58 bits per heavy atom. The van der Waals surface area contributed by atoms with Gasteiger partial charge in [0.2, 0.25) is 0 Å². The summed E-state index contributed by atoms with van der Waals surface area (Å²) < 4.78 is 27.3. The van der Waals surface area contributed by atoms with Crippen molar-refractivity contribution in [3.8, 4) is 0 Å². The minimum Gasteiger partial charge on any atom is -0.295 e. The minimum absolute atomic E-state index is 0.370. The zero-order chi connectivity index (χ0) is 13.8. The van der Waals surface area contributed by atoms with Crippen LogP contribution < -0.4 is 0 Å². The lowest BCUT2D eigenvalue weighted by Gasteiger charge is -2.17. The highest BCUT2D eigenvalue weighted by Gasteiger charge is 2.13. The summed E-state index contributed by atoms with van der Waals surface area (Å²) >= 11 is 3.38. The zero-order valence-electron chi connectivity index (χ0n) is 10.4. The van der Waals surface area contributed by atoms with Crippen LogP contribution in [-0.4, -0.2) is 21.5 Å². The Labute approximate surface area is 119 Å². The Morgan fingerprint density at radius 2 is 1.95 bits per heavy atom. The highest BCUT2D eigenvalue weighted by molar-refractivity contribution is 9.10. The van der Waals surface area contributed by atoms with E-state index in [-0.39, 0.29) is 0 Å². The molecule has 0 atom stereocenters. The number of hydrogen-bond acceptors (Lipinski definition) is 2. The first kappa shape index (κ1) is 14.1. The van der Waals surface area contributed by atoms with Crippen molar-refractivity contribution in [2.45, 2.75) is 19.6 Å². The summed E-state index contributed by atoms with van der Waals surface area (Å²) in [5.41, 5.74) is 1.13. The molecule has 19 heavy (non-hydrogen) atoms. The molecule has 0 fully saturated rings. The predicted octanol–water partition coefficient (Wildman–Crippen LogP) is 3.67. The van der Waals surface area contributed by atoms with Crippen LogP contribution >= 0.6 is 15.9 Å². The Balaban J connectivity index is 1.99. The summed E-state index contributed by atoms with van der Waals surface area (Å²) in [5, 5.41) is 0. The van der Waals surface area contributed by atoms with Crippen LogP contribution in [0.4, 0.5) is 8.78 Å². The number of aromatic nitrogens is 2. The van der Waals surface area contributed by atoms with Crippen LogP contribution in [0.2, 0.25) is 0 Å². The summed E-state index contributed by atoms with van der Waals surface area (Å²) in [6.07, 6.45) is 2.70. The van der Waals surface area contributed by atoms with Gasteiger partial charge in [-0.05, 0) is 24.7 Å². The molecule has 2 aromatic rings. The molecule has 6 heteroatoms. The second kappa shape index (κ2) is 6.25. The first-order valence-corrected chi connectivity index (χ1v) is 6.58. The van der Waals surface area contributed by atoms with E-state index in [9.17, 15) is 8.78 Å². The van der Waals surface area contributed by atoms with Gasteiger partial charge in [-0.25, -0.2) is 4.98 Å². The van der Waals surface area contributed by atoms with E-state index in [2.05, 4.69) is 20.9 Å². The number of imidazole rings is 1. The minimum atomic E-state index is -2.54. The molecule has 2 rings (SSSR count). The lowest BCUT2D eigenvalue weighted by molar-refractivity contribution is 0.0644. The maximum atomic E-state index is 12.7. The molecule has 0 N–H and O–H groups in total. The Hall–Kier alpha value is -1.27. The lowest BCUT2D eigenvalue weighted by Crippen LogP contribution is -2.20. The standard InChI is InChI=1S/C13H14BrF2N3/c1-18(8-10-2-4-11(14)5-3-10)9-12-17-6-7-19(12)13(15)16/h2-7,13H,8-9H2,1H3. The monoisotopic (exact) mass is 329 g/mol. The van der Waals surface area contributed by atoms with E-state index < -0.39 is 6.55 Å². The molecule has 0 aliphatic rings. The van der Waals surface area contributed by atoms with Crippen LogP contribution in [-0.2, 0) is 13.1 Å². The molecule has 0 aliphatic heterocycles. The fraction of sp³-hybridized carbons (Fsp3) is 0.308. The first-order valence-electron chi connectivity index (χ1n) is 5.79. The number of benzene rings is 1. The van der Waals surface area contributed by atoms with Crippen LogP contribution in [0.15, 0.2) is 41.1 Å². The topological polar surface area (TPSA) is 21.1 Å². The van der Waals surface area contributed by atoms with Crippen molar-refractivity contribution < 1.29 is 8.78 Å². The van der Waals surface area contributed by atoms with Crippen molar-refractivity contribution in [1.82, 2.24) is 14.5 Å². The van der Waals surface area contributed by atoms with Gasteiger partial charge in [-0.3, -0.25) is 9.47 Å². The van der Waals surface area contributed by atoms with Crippen molar-refractivity contribution in [3.63, 3.8) is 0 Å². The molecule has 0 bridgehead atoms. The Morgan fingerprint density at radius 1 is 1.26 bits per heavy atom. The van der Waals surface area contributed by atoms with Gasteiger partial charge in [-0.1, -0.05) is 28.1 Å². The van der Waals surface area contributed by atoms with E-state index in [0.717, 1.165) is 14.6 Å². The van der Waals surface area contributed by atoms with E-state index in [0.29, 0.717) is 18.9 Å². The van der Waals surface area contributed by atoms with Crippen molar-refractivity contribution >= 4 is 15.9 Å². The molecule has 0 spiro atoms. The molecule has 0 radical (unpaired) electrons. The van der Waals surface area contributed by atoms with Crippen molar-refractivity contribution in [1.29, 1.82) is 0 Å². The predicted molar refractivity (Wildman–Crippen MR) is 72.8 cm³/mol. The van der Waals surface area contributed by atoms with Gasteiger partial charge in [-0.15, -0.1) is 0 Å². The number of rotatable bonds is 5.